The van der Waals surface area contributed by atoms with Crippen molar-refractivity contribution in [1.82, 2.24) is 9.55 Å². The van der Waals surface area contributed by atoms with Crippen LogP contribution in [0.1, 0.15) is 11.1 Å². The first-order valence-corrected chi connectivity index (χ1v) is 8.58. The lowest BCUT2D eigenvalue weighted by atomic mass is 10.0. The van der Waals surface area contributed by atoms with Gasteiger partial charge in [-0.3, -0.25) is 0 Å². The van der Waals surface area contributed by atoms with Crippen molar-refractivity contribution >= 4 is 28.7 Å². The van der Waals surface area contributed by atoms with Crippen molar-refractivity contribution in [2.24, 2.45) is 0 Å². The first-order chi connectivity index (χ1) is 10.7. The second-order valence-electron chi connectivity index (χ2n) is 5.82. The molecule has 23 heavy (non-hydrogen) atoms. The molecule has 0 saturated carbocycles. The molecule has 0 spiro atoms. The minimum Gasteiger partial charge on any atom is -0.318 e. The average molecular weight is 387 g/mol. The number of thioether (sulfide) groups is 1. The molecule has 0 aliphatic carbocycles. The number of fused-ring (bicyclic) bond motifs is 1. The van der Waals surface area contributed by atoms with Crippen LogP contribution in [-0.2, 0) is 6.54 Å². The summed E-state index contributed by atoms with van der Waals surface area (Å²) in [6.45, 7) is 5.29. The summed E-state index contributed by atoms with van der Waals surface area (Å²) in [4.78, 5) is 4.92. The van der Waals surface area contributed by atoms with Crippen molar-refractivity contribution in [3.63, 3.8) is 0 Å². The van der Waals surface area contributed by atoms with Gasteiger partial charge in [-0.15, -0.1) is 17.0 Å². The van der Waals surface area contributed by atoms with Gasteiger partial charge in [-0.05, 0) is 13.8 Å². The largest absolute Gasteiger partial charge is 0.318 e. The van der Waals surface area contributed by atoms with E-state index in [0.717, 1.165) is 23.1 Å². The molecule has 1 aliphatic rings. The Hall–Kier alpha value is -1.52. The highest BCUT2D eigenvalue weighted by Crippen LogP contribution is 2.38. The lowest BCUT2D eigenvalue weighted by Crippen LogP contribution is -1.97. The maximum atomic E-state index is 4.92. The fraction of sp³-hybridized carbons (Fsp3) is 0.211. The predicted octanol–water partition coefficient (Wildman–Crippen LogP) is 5.52. The van der Waals surface area contributed by atoms with E-state index in [2.05, 4.69) is 66.9 Å². The van der Waals surface area contributed by atoms with Gasteiger partial charge in [0.1, 0.15) is 0 Å². The highest BCUT2D eigenvalue weighted by Gasteiger charge is 2.23. The van der Waals surface area contributed by atoms with Crippen molar-refractivity contribution < 1.29 is 0 Å². The van der Waals surface area contributed by atoms with E-state index >= 15 is 0 Å². The van der Waals surface area contributed by atoms with Crippen molar-refractivity contribution in [2.45, 2.75) is 25.5 Å². The summed E-state index contributed by atoms with van der Waals surface area (Å²) in [6.07, 6.45) is 0. The standard InChI is InChI=1S/C19H18N2S.BrH/c1-13-3-7-15(8-4-13)17-18(16-9-5-14(2)6-10-16)21-11-12-22-19(21)20-17;/h3-10H,11-12H2,1-2H3;1H. The van der Waals surface area contributed by atoms with Crippen molar-refractivity contribution in [1.29, 1.82) is 0 Å². The van der Waals surface area contributed by atoms with Crippen molar-refractivity contribution in [3.8, 4) is 22.5 Å². The van der Waals surface area contributed by atoms with Crippen LogP contribution in [0.25, 0.3) is 22.5 Å². The quantitative estimate of drug-likeness (QED) is 0.576. The van der Waals surface area contributed by atoms with Crippen LogP contribution in [0.2, 0.25) is 0 Å². The Morgan fingerprint density at radius 3 is 2.04 bits per heavy atom. The second kappa shape index (κ2) is 6.54. The molecule has 0 atom stereocenters. The number of aromatic nitrogens is 2. The molecule has 3 aromatic rings. The van der Waals surface area contributed by atoms with E-state index in [1.807, 2.05) is 11.8 Å². The third-order valence-electron chi connectivity index (χ3n) is 4.13. The molecule has 0 fully saturated rings. The number of hydrogen-bond donors (Lipinski definition) is 0. The Morgan fingerprint density at radius 2 is 1.43 bits per heavy atom. The maximum Gasteiger partial charge on any atom is 0.169 e. The Bertz CT molecular complexity index is 820. The van der Waals surface area contributed by atoms with Gasteiger partial charge in [-0.1, -0.05) is 71.4 Å². The third-order valence-corrected chi connectivity index (χ3v) is 5.09. The molecule has 0 amide bonds. The summed E-state index contributed by atoms with van der Waals surface area (Å²) < 4.78 is 2.37. The fourth-order valence-corrected chi connectivity index (χ4v) is 3.85. The van der Waals surface area contributed by atoms with Gasteiger partial charge >= 0.3 is 0 Å². The number of nitrogens with zero attached hydrogens (tertiary/aromatic N) is 2. The van der Waals surface area contributed by atoms with Gasteiger partial charge in [0.2, 0.25) is 0 Å². The molecule has 0 radical (unpaired) electrons. The monoisotopic (exact) mass is 386 g/mol. The topological polar surface area (TPSA) is 17.8 Å². The minimum atomic E-state index is 0. The first kappa shape index (κ1) is 16.3. The molecule has 1 aromatic heterocycles. The molecular weight excluding hydrogens is 368 g/mol. The first-order valence-electron chi connectivity index (χ1n) is 7.60. The number of halogens is 1. The molecule has 118 valence electrons. The molecule has 4 rings (SSSR count). The Morgan fingerprint density at radius 1 is 0.870 bits per heavy atom. The molecule has 0 saturated heterocycles. The van der Waals surface area contributed by atoms with Crippen molar-refractivity contribution in [2.75, 3.05) is 5.75 Å². The summed E-state index contributed by atoms with van der Waals surface area (Å²) in [5.41, 5.74) is 7.37. The Balaban J connectivity index is 0.00000156. The second-order valence-corrected chi connectivity index (χ2v) is 6.89. The smallest absolute Gasteiger partial charge is 0.169 e. The summed E-state index contributed by atoms with van der Waals surface area (Å²) in [5.74, 6) is 1.12. The highest BCUT2D eigenvalue weighted by molar-refractivity contribution is 8.93. The van der Waals surface area contributed by atoms with Crippen molar-refractivity contribution in [3.05, 3.63) is 59.7 Å². The highest BCUT2D eigenvalue weighted by atomic mass is 79.9. The molecule has 0 bridgehead atoms. The van der Waals surface area contributed by atoms with Crippen LogP contribution < -0.4 is 0 Å². The van der Waals surface area contributed by atoms with Gasteiger partial charge in [0.15, 0.2) is 5.16 Å². The SMILES string of the molecule is Br.Cc1ccc(-c2nc3n(c2-c2ccc(C)cc2)CCS3)cc1. The van der Waals surface area contributed by atoms with E-state index in [4.69, 9.17) is 4.98 Å². The van der Waals surface area contributed by atoms with Gasteiger partial charge in [-0.25, -0.2) is 4.98 Å². The molecule has 2 aromatic carbocycles. The van der Waals surface area contributed by atoms with Gasteiger partial charge < -0.3 is 4.57 Å². The van der Waals surface area contributed by atoms with Gasteiger partial charge in [-0.2, -0.15) is 0 Å². The van der Waals surface area contributed by atoms with E-state index in [1.54, 1.807) is 0 Å². The Kier molecular flexibility index (Phi) is 4.64. The molecule has 0 N–H and O–H groups in total. The number of hydrogen-bond acceptors (Lipinski definition) is 2. The van der Waals surface area contributed by atoms with Gasteiger partial charge in [0.25, 0.3) is 0 Å². The van der Waals surface area contributed by atoms with E-state index in [0.29, 0.717) is 0 Å². The molecule has 2 nitrogen and oxygen atoms in total. The Labute approximate surface area is 151 Å². The third kappa shape index (κ3) is 2.98. The zero-order chi connectivity index (χ0) is 15.1. The fourth-order valence-electron chi connectivity index (χ4n) is 2.89. The van der Waals surface area contributed by atoms with E-state index in [-0.39, 0.29) is 17.0 Å². The average Bonchev–Trinajstić information content (AvgIpc) is 3.10. The number of rotatable bonds is 2. The molecular formula is C19H19BrN2S. The van der Waals surface area contributed by atoms with Crippen LogP contribution in [-0.4, -0.2) is 15.3 Å². The lowest BCUT2D eigenvalue weighted by Gasteiger charge is -2.09. The summed E-state index contributed by atoms with van der Waals surface area (Å²) >= 11 is 1.85. The molecule has 1 aliphatic heterocycles. The molecule has 2 heterocycles. The van der Waals surface area contributed by atoms with Crippen LogP contribution in [0.4, 0.5) is 0 Å². The van der Waals surface area contributed by atoms with Crippen LogP contribution in [0, 0.1) is 13.8 Å². The van der Waals surface area contributed by atoms with E-state index in [1.165, 1.54) is 27.9 Å². The van der Waals surface area contributed by atoms with Crippen LogP contribution >= 0.6 is 28.7 Å². The zero-order valence-corrected chi connectivity index (χ0v) is 15.8. The van der Waals surface area contributed by atoms with Crippen LogP contribution in [0.15, 0.2) is 53.7 Å². The molecule has 0 unspecified atom stereocenters. The lowest BCUT2D eigenvalue weighted by molar-refractivity contribution is 0.726. The number of aryl methyl sites for hydroxylation is 2. The van der Waals surface area contributed by atoms with Crippen LogP contribution in [0.3, 0.4) is 0 Å². The zero-order valence-electron chi connectivity index (χ0n) is 13.2. The maximum absolute atomic E-state index is 4.92. The minimum absolute atomic E-state index is 0. The summed E-state index contributed by atoms with van der Waals surface area (Å²) in [6, 6.07) is 17.4. The predicted molar refractivity (Wildman–Crippen MR) is 104 cm³/mol. The normalized spacial score (nSPS) is 12.8. The molecule has 4 heteroatoms. The van der Waals surface area contributed by atoms with Crippen LogP contribution in [0.5, 0.6) is 0 Å². The van der Waals surface area contributed by atoms with E-state index < -0.39 is 0 Å². The van der Waals surface area contributed by atoms with Gasteiger partial charge in [0.05, 0.1) is 11.4 Å². The summed E-state index contributed by atoms with van der Waals surface area (Å²) in [5, 5.41) is 1.14. The number of benzene rings is 2. The summed E-state index contributed by atoms with van der Waals surface area (Å²) in [7, 11) is 0. The van der Waals surface area contributed by atoms with Gasteiger partial charge in [0, 0.05) is 23.4 Å². The number of imidazole rings is 1. The van der Waals surface area contributed by atoms with E-state index in [9.17, 15) is 0 Å².